The molecule has 0 aliphatic rings. The number of nitro benzene ring substituents is 1. The summed E-state index contributed by atoms with van der Waals surface area (Å²) in [6.07, 6.45) is 0. The molecular formula is C14H21N3O6S. The molecule has 0 aliphatic carbocycles. The van der Waals surface area contributed by atoms with Gasteiger partial charge >= 0.3 is 5.97 Å². The highest BCUT2D eigenvalue weighted by atomic mass is 32.2. The zero-order valence-electron chi connectivity index (χ0n) is 13.7. The number of benzene rings is 1. The summed E-state index contributed by atoms with van der Waals surface area (Å²) < 4.78 is 31.5. The van der Waals surface area contributed by atoms with E-state index in [0.29, 0.717) is 0 Å². The minimum Gasteiger partial charge on any atom is -0.459 e. The van der Waals surface area contributed by atoms with Crippen LogP contribution in [0.15, 0.2) is 29.2 Å². The van der Waals surface area contributed by atoms with E-state index in [1.54, 1.807) is 20.8 Å². The van der Waals surface area contributed by atoms with Crippen molar-refractivity contribution >= 4 is 21.7 Å². The summed E-state index contributed by atoms with van der Waals surface area (Å²) in [7, 11) is -4.01. The molecule has 0 aromatic heterocycles. The van der Waals surface area contributed by atoms with Crippen molar-refractivity contribution in [2.24, 2.45) is 0 Å². The maximum absolute atomic E-state index is 12.1. The normalized spacial score (nSPS) is 12.0. The predicted octanol–water partition coefficient (Wildman–Crippen LogP) is 0.804. The van der Waals surface area contributed by atoms with Crippen molar-refractivity contribution in [3.05, 3.63) is 34.4 Å². The lowest BCUT2D eigenvalue weighted by atomic mass is 10.2. The SMILES string of the molecule is CC(C)(C)OC(=O)CNCCNS(=O)(=O)c1ccccc1[N+](=O)[O-]. The number of hydrogen-bond donors (Lipinski definition) is 2. The summed E-state index contributed by atoms with van der Waals surface area (Å²) in [5, 5.41) is 13.6. The van der Waals surface area contributed by atoms with E-state index in [-0.39, 0.29) is 19.6 Å². The van der Waals surface area contributed by atoms with Gasteiger partial charge in [0.05, 0.1) is 11.5 Å². The molecule has 0 saturated carbocycles. The number of sulfonamides is 1. The Labute approximate surface area is 140 Å². The quantitative estimate of drug-likeness (QED) is 0.304. The third-order valence-electron chi connectivity index (χ3n) is 2.63. The van der Waals surface area contributed by atoms with Crippen LogP contribution in [0.2, 0.25) is 0 Å². The number of esters is 1. The van der Waals surface area contributed by atoms with Crippen molar-refractivity contribution in [3.63, 3.8) is 0 Å². The summed E-state index contributed by atoms with van der Waals surface area (Å²) in [5.74, 6) is -0.455. The molecular weight excluding hydrogens is 338 g/mol. The van der Waals surface area contributed by atoms with Crippen molar-refractivity contribution < 1.29 is 22.9 Å². The van der Waals surface area contributed by atoms with Crippen LogP contribution in [0, 0.1) is 10.1 Å². The van der Waals surface area contributed by atoms with Gasteiger partial charge in [0.25, 0.3) is 5.69 Å². The third-order valence-corrected chi connectivity index (χ3v) is 4.14. The van der Waals surface area contributed by atoms with E-state index < -0.39 is 37.1 Å². The van der Waals surface area contributed by atoms with Crippen molar-refractivity contribution in [1.82, 2.24) is 10.0 Å². The smallest absolute Gasteiger partial charge is 0.320 e. The Balaban J connectivity index is 2.51. The highest BCUT2D eigenvalue weighted by Crippen LogP contribution is 2.22. The molecule has 134 valence electrons. The van der Waals surface area contributed by atoms with E-state index in [9.17, 15) is 23.3 Å². The number of carbonyl (C=O) groups is 1. The molecule has 1 rings (SSSR count). The number of nitrogens with one attached hydrogen (secondary N) is 2. The fourth-order valence-electron chi connectivity index (χ4n) is 1.75. The van der Waals surface area contributed by atoms with Crippen molar-refractivity contribution in [2.45, 2.75) is 31.3 Å². The number of nitrogens with zero attached hydrogens (tertiary/aromatic N) is 1. The van der Waals surface area contributed by atoms with Gasteiger partial charge in [-0.3, -0.25) is 14.9 Å². The standard InChI is InChI=1S/C14H21N3O6S/c1-14(2,3)23-13(18)10-15-8-9-16-24(21,22)12-7-5-4-6-11(12)17(19)20/h4-7,15-16H,8-10H2,1-3H3. The number of hydrogen-bond acceptors (Lipinski definition) is 7. The Kier molecular flexibility index (Phi) is 6.81. The molecule has 1 aromatic rings. The first kappa shape index (κ1) is 20.0. The van der Waals surface area contributed by atoms with E-state index in [0.717, 1.165) is 12.1 Å². The maximum Gasteiger partial charge on any atom is 0.320 e. The molecule has 10 heteroatoms. The molecule has 0 fully saturated rings. The summed E-state index contributed by atoms with van der Waals surface area (Å²) in [6.45, 7) is 5.30. The van der Waals surface area contributed by atoms with Crippen LogP contribution in [0.3, 0.4) is 0 Å². The molecule has 9 nitrogen and oxygen atoms in total. The topological polar surface area (TPSA) is 128 Å². The average molecular weight is 359 g/mol. The van der Waals surface area contributed by atoms with Crippen LogP contribution in [0.25, 0.3) is 0 Å². The summed E-state index contributed by atoms with van der Waals surface area (Å²) in [4.78, 5) is 21.2. The molecule has 2 N–H and O–H groups in total. The van der Waals surface area contributed by atoms with E-state index >= 15 is 0 Å². The zero-order chi connectivity index (χ0) is 18.4. The second-order valence-electron chi connectivity index (χ2n) is 5.89. The molecule has 1 aromatic carbocycles. The highest BCUT2D eigenvalue weighted by molar-refractivity contribution is 7.89. The van der Waals surface area contributed by atoms with Gasteiger partial charge in [-0.1, -0.05) is 12.1 Å². The monoisotopic (exact) mass is 359 g/mol. The van der Waals surface area contributed by atoms with E-state index in [4.69, 9.17) is 4.74 Å². The molecule has 0 aliphatic heterocycles. The molecule has 0 radical (unpaired) electrons. The molecule has 0 bridgehead atoms. The molecule has 0 heterocycles. The van der Waals surface area contributed by atoms with E-state index in [2.05, 4.69) is 10.0 Å². The van der Waals surface area contributed by atoms with Crippen LogP contribution in [-0.2, 0) is 19.6 Å². The molecule has 0 atom stereocenters. The third kappa shape index (κ3) is 6.60. The fraction of sp³-hybridized carbons (Fsp3) is 0.500. The Bertz CT molecular complexity index is 697. The summed E-state index contributed by atoms with van der Waals surface area (Å²) in [5.41, 5.74) is -1.08. The number of nitro groups is 1. The average Bonchev–Trinajstić information content (AvgIpc) is 2.44. The molecule has 0 saturated heterocycles. The van der Waals surface area contributed by atoms with E-state index in [1.165, 1.54) is 12.1 Å². The maximum atomic E-state index is 12.1. The predicted molar refractivity (Wildman–Crippen MR) is 87.0 cm³/mol. The van der Waals surface area contributed by atoms with Crippen LogP contribution < -0.4 is 10.0 Å². The van der Waals surface area contributed by atoms with Gasteiger partial charge in [-0.05, 0) is 26.8 Å². The lowest BCUT2D eigenvalue weighted by Gasteiger charge is -2.19. The number of ether oxygens (including phenoxy) is 1. The Hall–Kier alpha value is -2.04. The first-order chi connectivity index (χ1) is 11.0. The van der Waals surface area contributed by atoms with Crippen molar-refractivity contribution in [3.8, 4) is 0 Å². The van der Waals surface area contributed by atoms with Crippen LogP contribution >= 0.6 is 0 Å². The van der Waals surface area contributed by atoms with Crippen LogP contribution in [0.5, 0.6) is 0 Å². The largest absolute Gasteiger partial charge is 0.459 e. The Morgan fingerprint density at radius 2 is 1.88 bits per heavy atom. The Morgan fingerprint density at radius 1 is 1.25 bits per heavy atom. The van der Waals surface area contributed by atoms with Crippen molar-refractivity contribution in [2.75, 3.05) is 19.6 Å². The lowest BCUT2D eigenvalue weighted by Crippen LogP contribution is -2.36. The van der Waals surface area contributed by atoms with Gasteiger partial charge in [0.15, 0.2) is 4.90 Å². The van der Waals surface area contributed by atoms with E-state index in [1.807, 2.05) is 0 Å². The summed E-state index contributed by atoms with van der Waals surface area (Å²) >= 11 is 0. The van der Waals surface area contributed by atoms with Gasteiger partial charge in [-0.15, -0.1) is 0 Å². The van der Waals surface area contributed by atoms with Crippen LogP contribution in [0.1, 0.15) is 20.8 Å². The van der Waals surface area contributed by atoms with Gasteiger partial charge in [0, 0.05) is 19.2 Å². The minimum absolute atomic E-state index is 0.0306. The van der Waals surface area contributed by atoms with Gasteiger partial charge in [-0.25, -0.2) is 13.1 Å². The zero-order valence-corrected chi connectivity index (χ0v) is 14.6. The van der Waals surface area contributed by atoms with Gasteiger partial charge in [-0.2, -0.15) is 0 Å². The van der Waals surface area contributed by atoms with Crippen molar-refractivity contribution in [1.29, 1.82) is 0 Å². The lowest BCUT2D eigenvalue weighted by molar-refractivity contribution is -0.387. The minimum atomic E-state index is -4.01. The molecule has 24 heavy (non-hydrogen) atoms. The van der Waals surface area contributed by atoms with Crippen LogP contribution in [0.4, 0.5) is 5.69 Å². The molecule has 0 amide bonds. The fourth-order valence-corrected chi connectivity index (χ4v) is 2.96. The van der Waals surface area contributed by atoms with Gasteiger partial charge in [0.1, 0.15) is 5.60 Å². The second-order valence-corrected chi connectivity index (χ2v) is 7.62. The number of para-hydroxylation sites is 1. The number of carbonyl (C=O) groups excluding carboxylic acids is 1. The first-order valence-electron chi connectivity index (χ1n) is 7.18. The Morgan fingerprint density at radius 3 is 2.46 bits per heavy atom. The van der Waals surface area contributed by atoms with Crippen LogP contribution in [-0.4, -0.2) is 44.5 Å². The summed E-state index contributed by atoms with van der Waals surface area (Å²) in [6, 6.07) is 5.08. The first-order valence-corrected chi connectivity index (χ1v) is 8.67. The van der Waals surface area contributed by atoms with Gasteiger partial charge in [0.2, 0.25) is 10.0 Å². The second kappa shape index (κ2) is 8.18. The molecule has 0 unspecified atom stereocenters. The molecule has 0 spiro atoms. The van der Waals surface area contributed by atoms with Gasteiger partial charge < -0.3 is 10.1 Å². The number of rotatable bonds is 8. The highest BCUT2D eigenvalue weighted by Gasteiger charge is 2.24.